The maximum absolute atomic E-state index is 10.4. The molecule has 1 heterocycles. The van der Waals surface area contributed by atoms with E-state index in [4.69, 9.17) is 0 Å². The van der Waals surface area contributed by atoms with E-state index < -0.39 is 33.3 Å². The van der Waals surface area contributed by atoms with Gasteiger partial charge in [0.2, 0.25) is 0 Å². The third-order valence-corrected chi connectivity index (χ3v) is 4.72. The molecule has 0 aromatic heterocycles. The molecule has 0 aromatic rings. The number of hydrogen-bond donors (Lipinski definition) is 2. The minimum absolute atomic E-state index is 0. The summed E-state index contributed by atoms with van der Waals surface area (Å²) in [4.78, 5) is 16.5. The van der Waals surface area contributed by atoms with E-state index in [-0.39, 0.29) is 59.1 Å². The molecule has 0 amide bonds. The number of carbonyl (C=O) groups is 2. The van der Waals surface area contributed by atoms with Gasteiger partial charge in [-0.25, -0.2) is 0 Å². The third-order valence-electron chi connectivity index (χ3n) is 1.65. The van der Waals surface area contributed by atoms with E-state index >= 15 is 0 Å². The molecule has 2 N–H and O–H groups in total. The Kier molecular flexibility index (Phi) is 8.98. The van der Waals surface area contributed by atoms with Crippen LogP contribution in [-0.2, 0) is 9.59 Å². The van der Waals surface area contributed by atoms with Gasteiger partial charge < -0.3 is 30.0 Å². The van der Waals surface area contributed by atoms with Crippen LogP contribution in [0.15, 0.2) is 0 Å². The van der Waals surface area contributed by atoms with Gasteiger partial charge in [0.25, 0.3) is 0 Å². The minimum atomic E-state index is -2.15. The van der Waals surface area contributed by atoms with E-state index in [1.54, 1.807) is 0 Å². The molecule has 1 saturated heterocycles. The van der Waals surface area contributed by atoms with Gasteiger partial charge in [-0.3, -0.25) is 0 Å². The number of aliphatic carboxylic acids is 2. The predicted octanol–water partition coefficient (Wildman–Crippen LogP) is -9.65. The molecule has 1 rings (SSSR count). The van der Waals surface area contributed by atoms with Crippen molar-refractivity contribution < 1.29 is 89.1 Å². The van der Waals surface area contributed by atoms with Gasteiger partial charge in [-0.2, -0.15) is 0 Å². The number of thioether (sulfide) groups is 2. The molecule has 1 aliphatic rings. The Morgan fingerprint density at radius 2 is 1.19 bits per heavy atom. The van der Waals surface area contributed by atoms with Gasteiger partial charge in [0.05, 0.1) is 11.9 Å². The summed E-state index contributed by atoms with van der Waals surface area (Å²) in [6.07, 6.45) is 0. The standard InChI is InChI=1S/C6H8O6S2.2Na/c7-3(8)5(11)1-13-6(12,2-14-5)4(9)10;;/h11-12H,1-2H2,(H,7,8)(H,9,10);;/q;2*+1/p-2/t5-,6+;;. The fourth-order valence-corrected chi connectivity index (χ4v) is 3.11. The molecule has 80 valence electrons. The van der Waals surface area contributed by atoms with Crippen molar-refractivity contribution in [2.24, 2.45) is 0 Å². The topological polar surface area (TPSA) is 121 Å². The van der Waals surface area contributed by atoms with Gasteiger partial charge in [-0.05, 0) is 0 Å². The molecule has 0 spiro atoms. The molecule has 0 radical (unpaired) electrons. The van der Waals surface area contributed by atoms with Gasteiger partial charge in [-0.1, -0.05) is 0 Å². The van der Waals surface area contributed by atoms with E-state index in [2.05, 4.69) is 0 Å². The van der Waals surface area contributed by atoms with E-state index in [0.29, 0.717) is 23.5 Å². The zero-order valence-corrected chi connectivity index (χ0v) is 14.4. The maximum Gasteiger partial charge on any atom is 1.00 e. The van der Waals surface area contributed by atoms with Crippen LogP contribution in [0.5, 0.6) is 0 Å². The second-order valence-corrected chi connectivity index (χ2v) is 5.23. The molecule has 16 heavy (non-hydrogen) atoms. The zero-order valence-electron chi connectivity index (χ0n) is 8.76. The maximum atomic E-state index is 10.4. The van der Waals surface area contributed by atoms with E-state index in [1.165, 1.54) is 0 Å². The van der Waals surface area contributed by atoms with Crippen LogP contribution in [0, 0.1) is 0 Å². The summed E-state index contributed by atoms with van der Waals surface area (Å²) in [7, 11) is 0. The Hall–Kier alpha value is 1.56. The Morgan fingerprint density at radius 3 is 1.31 bits per heavy atom. The first-order valence-corrected chi connectivity index (χ1v) is 5.43. The molecule has 0 aromatic carbocycles. The first kappa shape index (κ1) is 19.9. The molecule has 0 bridgehead atoms. The average molecular weight is 284 g/mol. The smallest absolute Gasteiger partial charge is 0.546 e. The van der Waals surface area contributed by atoms with Crippen molar-refractivity contribution in [2.75, 3.05) is 11.5 Å². The van der Waals surface area contributed by atoms with Crippen LogP contribution in [0.3, 0.4) is 0 Å². The van der Waals surface area contributed by atoms with Crippen LogP contribution in [-0.4, -0.2) is 43.5 Å². The summed E-state index contributed by atoms with van der Waals surface area (Å²) in [5.41, 5.74) is 0. The molecule has 1 aliphatic heterocycles. The van der Waals surface area contributed by atoms with Gasteiger partial charge in [-0.15, -0.1) is 23.5 Å². The molecule has 6 nitrogen and oxygen atoms in total. The predicted molar refractivity (Wildman–Crippen MR) is 44.8 cm³/mol. The van der Waals surface area contributed by atoms with Crippen LogP contribution < -0.4 is 69.3 Å². The van der Waals surface area contributed by atoms with Gasteiger partial charge >= 0.3 is 59.1 Å². The second kappa shape index (κ2) is 7.22. The van der Waals surface area contributed by atoms with E-state index in [9.17, 15) is 30.0 Å². The SMILES string of the molecule is O=C([O-])[C@@]1(O)CS[C@](O)(C(=O)[O-])CS1.[Na+].[Na+]. The largest absolute Gasteiger partial charge is 1.00 e. The van der Waals surface area contributed by atoms with Crippen molar-refractivity contribution in [3.63, 3.8) is 0 Å². The number of carboxylic acids is 2. The second-order valence-electron chi connectivity index (χ2n) is 2.72. The average Bonchev–Trinajstić information content (AvgIpc) is 2.10. The molecule has 1 fully saturated rings. The van der Waals surface area contributed by atoms with Crippen molar-refractivity contribution in [3.05, 3.63) is 0 Å². The Bertz CT molecular complexity index is 250. The number of carboxylic acid groups (broad SMARTS) is 2. The number of carbonyl (C=O) groups excluding carboxylic acids is 2. The van der Waals surface area contributed by atoms with Gasteiger partial charge in [0, 0.05) is 11.5 Å². The number of aliphatic hydroxyl groups is 2. The van der Waals surface area contributed by atoms with Crippen molar-refractivity contribution in [1.82, 2.24) is 0 Å². The number of hydrogen-bond acceptors (Lipinski definition) is 8. The normalized spacial score (nSPS) is 33.1. The molecular formula is C6H6Na2O6S2. The summed E-state index contributed by atoms with van der Waals surface area (Å²) in [6.45, 7) is 0. The van der Waals surface area contributed by atoms with Crippen molar-refractivity contribution in [1.29, 1.82) is 0 Å². The molecule has 0 unspecified atom stereocenters. The van der Waals surface area contributed by atoms with Gasteiger partial charge in [0.1, 0.15) is 0 Å². The summed E-state index contributed by atoms with van der Waals surface area (Å²) in [6, 6.07) is 0. The molecule has 0 aliphatic carbocycles. The third kappa shape index (κ3) is 4.34. The minimum Gasteiger partial charge on any atom is -0.546 e. The Balaban J connectivity index is 0. The Labute approximate surface area is 144 Å². The fraction of sp³-hybridized carbons (Fsp3) is 0.667. The summed E-state index contributed by atoms with van der Waals surface area (Å²) < 4.78 is 0. The first-order chi connectivity index (χ1) is 6.30. The van der Waals surface area contributed by atoms with Crippen LogP contribution in [0.25, 0.3) is 0 Å². The van der Waals surface area contributed by atoms with Crippen LogP contribution in [0.1, 0.15) is 0 Å². The monoisotopic (exact) mass is 284 g/mol. The molecule has 10 heteroatoms. The summed E-state index contributed by atoms with van der Waals surface area (Å²) >= 11 is 0.821. The molecule has 2 atom stereocenters. The van der Waals surface area contributed by atoms with Crippen molar-refractivity contribution in [2.45, 2.75) is 9.87 Å². The summed E-state index contributed by atoms with van der Waals surface area (Å²) in [5, 5.41) is 39.5. The van der Waals surface area contributed by atoms with Crippen molar-refractivity contribution >= 4 is 35.5 Å². The van der Waals surface area contributed by atoms with Crippen LogP contribution >= 0.6 is 23.5 Å². The van der Waals surface area contributed by atoms with Crippen molar-refractivity contribution in [3.8, 4) is 0 Å². The molecular weight excluding hydrogens is 278 g/mol. The Morgan fingerprint density at radius 1 is 0.938 bits per heavy atom. The number of rotatable bonds is 2. The van der Waals surface area contributed by atoms with E-state index in [0.717, 1.165) is 0 Å². The fourth-order valence-electron chi connectivity index (χ4n) is 0.753. The van der Waals surface area contributed by atoms with Crippen LogP contribution in [0.2, 0.25) is 0 Å². The van der Waals surface area contributed by atoms with Gasteiger partial charge in [0.15, 0.2) is 9.87 Å². The quantitative estimate of drug-likeness (QED) is 0.480. The zero-order chi connectivity index (χ0) is 11.0. The first-order valence-electron chi connectivity index (χ1n) is 3.46. The molecule has 0 saturated carbocycles. The van der Waals surface area contributed by atoms with Crippen LogP contribution in [0.4, 0.5) is 0 Å². The summed E-state index contributed by atoms with van der Waals surface area (Å²) in [5.74, 6) is -4.33. The van der Waals surface area contributed by atoms with E-state index in [1.807, 2.05) is 0 Å².